The Kier molecular flexibility index (Phi) is 4.50. The van der Waals surface area contributed by atoms with Crippen molar-refractivity contribution in [3.05, 3.63) is 12.7 Å². The number of nitrogens with zero attached hydrogens (tertiary/aromatic N) is 4. The summed E-state index contributed by atoms with van der Waals surface area (Å²) in [7, 11) is 3.34. The van der Waals surface area contributed by atoms with Crippen LogP contribution in [0.2, 0.25) is 0 Å². The Morgan fingerprint density at radius 1 is 1.11 bits per heavy atom. The first-order valence-corrected chi connectivity index (χ1v) is 10.00. The Bertz CT molecular complexity index is 848. The fraction of sp³-hybridized carbons (Fsp3) is 0.737. The van der Waals surface area contributed by atoms with Crippen LogP contribution in [0.15, 0.2) is 12.7 Å². The van der Waals surface area contributed by atoms with E-state index in [9.17, 15) is 0 Å². The molecule has 1 aliphatic heterocycles. The Balaban J connectivity index is 1.54. The average molecular weight is 389 g/mol. The summed E-state index contributed by atoms with van der Waals surface area (Å²) in [5.74, 6) is -0.0203. The van der Waals surface area contributed by atoms with Gasteiger partial charge in [-0.1, -0.05) is 6.42 Å². The van der Waals surface area contributed by atoms with Crippen LogP contribution in [-0.2, 0) is 18.9 Å². The topological polar surface area (TPSA) is 107 Å². The van der Waals surface area contributed by atoms with Crippen LogP contribution in [0.5, 0.6) is 0 Å². The zero-order chi connectivity index (χ0) is 19.3. The van der Waals surface area contributed by atoms with Gasteiger partial charge in [-0.2, -0.15) is 0 Å². The van der Waals surface area contributed by atoms with Crippen molar-refractivity contribution in [3.8, 4) is 0 Å². The summed E-state index contributed by atoms with van der Waals surface area (Å²) in [5.41, 5.74) is 7.49. The molecule has 2 aliphatic carbocycles. The maximum Gasteiger partial charge on any atom is 0.182 e. The van der Waals surface area contributed by atoms with Gasteiger partial charge < -0.3 is 29.2 Å². The van der Waals surface area contributed by atoms with Gasteiger partial charge in [0.1, 0.15) is 17.9 Å². The molecule has 0 unspecified atom stereocenters. The summed E-state index contributed by atoms with van der Waals surface area (Å²) in [6.45, 7) is 0. The van der Waals surface area contributed by atoms with E-state index in [1.807, 2.05) is 0 Å². The third kappa shape index (κ3) is 2.72. The lowest BCUT2D eigenvalue weighted by molar-refractivity contribution is -0.221. The molecule has 28 heavy (non-hydrogen) atoms. The molecule has 0 aromatic carbocycles. The predicted molar refractivity (Wildman–Crippen MR) is 100 cm³/mol. The monoisotopic (exact) mass is 389 g/mol. The van der Waals surface area contributed by atoms with Crippen LogP contribution < -0.4 is 5.73 Å². The van der Waals surface area contributed by atoms with Gasteiger partial charge in [0.2, 0.25) is 0 Å². The fourth-order valence-corrected chi connectivity index (χ4v) is 5.29. The molecule has 9 heteroatoms. The molecule has 0 bridgehead atoms. The number of nitrogen functional groups attached to an aromatic ring is 1. The molecule has 3 aliphatic rings. The molecule has 4 atom stereocenters. The molecular formula is C19H27N5O4. The maximum atomic E-state index is 6.64. The molecule has 3 heterocycles. The van der Waals surface area contributed by atoms with Crippen molar-refractivity contribution in [3.63, 3.8) is 0 Å². The molecular weight excluding hydrogens is 362 g/mol. The highest BCUT2D eigenvalue weighted by Crippen LogP contribution is 2.52. The highest BCUT2D eigenvalue weighted by Gasteiger charge is 2.59. The van der Waals surface area contributed by atoms with E-state index in [4.69, 9.17) is 24.7 Å². The number of aromatic nitrogens is 4. The summed E-state index contributed by atoms with van der Waals surface area (Å²) in [5, 5.41) is 0. The Labute approximate surface area is 163 Å². The molecule has 2 aromatic heterocycles. The van der Waals surface area contributed by atoms with Crippen molar-refractivity contribution < 1.29 is 18.9 Å². The van der Waals surface area contributed by atoms with Crippen molar-refractivity contribution in [2.45, 2.75) is 68.9 Å². The highest BCUT2D eigenvalue weighted by atomic mass is 16.8. The smallest absolute Gasteiger partial charge is 0.182 e. The molecule has 1 saturated heterocycles. The van der Waals surface area contributed by atoms with E-state index in [0.717, 1.165) is 37.6 Å². The number of hydrogen-bond acceptors (Lipinski definition) is 8. The van der Waals surface area contributed by atoms with Gasteiger partial charge in [0, 0.05) is 33.0 Å². The summed E-state index contributed by atoms with van der Waals surface area (Å²) in [4.78, 5) is 12.8. The van der Waals surface area contributed by atoms with Crippen LogP contribution in [0.3, 0.4) is 0 Å². The summed E-state index contributed by atoms with van der Waals surface area (Å²) in [6.07, 6.45) is 8.76. The van der Waals surface area contributed by atoms with E-state index in [0.29, 0.717) is 11.5 Å². The SMILES string of the molecule is COC(OC)[C@H]1C[C@@H](n2cnc3ncnc(N)c32)[C@@H]2OC3(CCCCC3)O[C@@H]21. The minimum absolute atomic E-state index is 0.00222. The minimum atomic E-state index is -0.491. The van der Waals surface area contributed by atoms with Crippen molar-refractivity contribution in [1.29, 1.82) is 0 Å². The van der Waals surface area contributed by atoms with Gasteiger partial charge in [-0.05, 0) is 19.3 Å². The second-order valence-corrected chi connectivity index (χ2v) is 8.03. The van der Waals surface area contributed by atoms with E-state index in [1.54, 1.807) is 20.5 Å². The number of imidazole rings is 1. The highest BCUT2D eigenvalue weighted by molar-refractivity contribution is 5.81. The number of ether oxygens (including phenoxy) is 4. The van der Waals surface area contributed by atoms with E-state index >= 15 is 0 Å². The van der Waals surface area contributed by atoms with Crippen LogP contribution >= 0.6 is 0 Å². The lowest BCUT2D eigenvalue weighted by Crippen LogP contribution is -2.38. The third-order valence-corrected chi connectivity index (χ3v) is 6.52. The Morgan fingerprint density at radius 3 is 2.61 bits per heavy atom. The molecule has 2 saturated carbocycles. The van der Waals surface area contributed by atoms with Crippen molar-refractivity contribution in [1.82, 2.24) is 19.5 Å². The molecule has 152 valence electrons. The molecule has 5 rings (SSSR count). The zero-order valence-electron chi connectivity index (χ0n) is 16.3. The molecule has 0 amide bonds. The second kappa shape index (κ2) is 6.91. The fourth-order valence-electron chi connectivity index (χ4n) is 5.29. The van der Waals surface area contributed by atoms with E-state index in [-0.39, 0.29) is 30.5 Å². The lowest BCUT2D eigenvalue weighted by atomic mass is 9.94. The van der Waals surface area contributed by atoms with Gasteiger partial charge in [-0.15, -0.1) is 0 Å². The minimum Gasteiger partial charge on any atom is -0.382 e. The molecule has 9 nitrogen and oxygen atoms in total. The first-order valence-electron chi connectivity index (χ1n) is 10.00. The molecule has 3 fully saturated rings. The van der Waals surface area contributed by atoms with Gasteiger partial charge in [-0.25, -0.2) is 15.0 Å². The number of rotatable bonds is 4. The van der Waals surface area contributed by atoms with Crippen LogP contribution in [0, 0.1) is 5.92 Å². The first kappa shape index (κ1) is 18.2. The van der Waals surface area contributed by atoms with Gasteiger partial charge in [0.15, 0.2) is 23.5 Å². The van der Waals surface area contributed by atoms with Crippen molar-refractivity contribution in [2.75, 3.05) is 20.0 Å². The zero-order valence-corrected chi connectivity index (χ0v) is 16.3. The van der Waals surface area contributed by atoms with Crippen LogP contribution in [-0.4, -0.2) is 58.0 Å². The Morgan fingerprint density at radius 2 is 1.86 bits per heavy atom. The molecule has 1 spiro atoms. The molecule has 2 aromatic rings. The van der Waals surface area contributed by atoms with Crippen molar-refractivity contribution >= 4 is 17.0 Å². The second-order valence-electron chi connectivity index (χ2n) is 8.03. The van der Waals surface area contributed by atoms with Crippen LogP contribution in [0.25, 0.3) is 11.2 Å². The van der Waals surface area contributed by atoms with Gasteiger partial charge in [-0.3, -0.25) is 0 Å². The Hall–Kier alpha value is -1.81. The van der Waals surface area contributed by atoms with Crippen molar-refractivity contribution in [2.24, 2.45) is 5.92 Å². The van der Waals surface area contributed by atoms with E-state index in [2.05, 4.69) is 19.5 Å². The van der Waals surface area contributed by atoms with Crippen LogP contribution in [0.1, 0.15) is 44.6 Å². The lowest BCUT2D eigenvalue weighted by Gasteiger charge is -2.35. The summed E-state index contributed by atoms with van der Waals surface area (Å²) >= 11 is 0. The number of hydrogen-bond donors (Lipinski definition) is 1. The quantitative estimate of drug-likeness (QED) is 0.792. The standard InChI is InChI=1S/C19H27N5O4/c1-25-18(26-2)11-8-12(24-10-23-17-13(24)16(20)21-9-22-17)15-14(11)27-19(28-15)6-4-3-5-7-19/h9-12,14-15,18H,3-8H2,1-2H3,(H2,20,21,22)/t11-,12+,14+,15-/m0/s1. The van der Waals surface area contributed by atoms with Gasteiger partial charge >= 0.3 is 0 Å². The normalized spacial score (nSPS) is 31.8. The van der Waals surface area contributed by atoms with Gasteiger partial charge in [0.05, 0.1) is 18.5 Å². The number of anilines is 1. The number of nitrogens with two attached hydrogens (primary N) is 1. The summed E-state index contributed by atoms with van der Waals surface area (Å²) in [6, 6.07) is 0.00222. The maximum absolute atomic E-state index is 6.64. The predicted octanol–water partition coefficient (Wildman–Crippen LogP) is 2.03. The van der Waals surface area contributed by atoms with E-state index < -0.39 is 5.79 Å². The number of fused-ring (bicyclic) bond motifs is 2. The summed E-state index contributed by atoms with van der Waals surface area (Å²) < 4.78 is 26.5. The average Bonchev–Trinajstić information content (AvgIpc) is 3.37. The van der Waals surface area contributed by atoms with Crippen LogP contribution in [0.4, 0.5) is 5.82 Å². The number of methoxy groups -OCH3 is 2. The largest absolute Gasteiger partial charge is 0.382 e. The first-order chi connectivity index (χ1) is 13.7. The molecule has 2 N–H and O–H groups in total. The molecule has 0 radical (unpaired) electrons. The third-order valence-electron chi connectivity index (χ3n) is 6.52. The van der Waals surface area contributed by atoms with E-state index in [1.165, 1.54) is 12.7 Å². The van der Waals surface area contributed by atoms with Gasteiger partial charge in [0.25, 0.3) is 0 Å².